The molecule has 0 atom stereocenters. The van der Waals surface area contributed by atoms with Crippen molar-refractivity contribution in [1.29, 1.82) is 0 Å². The molecular formula is C21H29N5O2. The fourth-order valence-corrected chi connectivity index (χ4v) is 3.28. The van der Waals surface area contributed by atoms with Crippen LogP contribution in [0.4, 0.5) is 0 Å². The van der Waals surface area contributed by atoms with Crippen LogP contribution in [0.15, 0.2) is 39.9 Å². The Morgan fingerprint density at radius 1 is 1.21 bits per heavy atom. The first kappa shape index (κ1) is 19.9. The molecule has 1 amide bonds. The van der Waals surface area contributed by atoms with E-state index in [1.165, 1.54) is 18.4 Å². The van der Waals surface area contributed by atoms with Gasteiger partial charge in [0.1, 0.15) is 6.26 Å². The molecule has 1 fully saturated rings. The lowest BCUT2D eigenvalue weighted by atomic mass is 10.1. The summed E-state index contributed by atoms with van der Waals surface area (Å²) in [5.41, 5.74) is 2.94. The van der Waals surface area contributed by atoms with Gasteiger partial charge in [0, 0.05) is 31.6 Å². The highest BCUT2D eigenvalue weighted by Crippen LogP contribution is 2.19. The molecule has 1 aliphatic carbocycles. The van der Waals surface area contributed by atoms with E-state index in [2.05, 4.69) is 25.9 Å². The van der Waals surface area contributed by atoms with Crippen LogP contribution in [0.3, 0.4) is 0 Å². The van der Waals surface area contributed by atoms with Gasteiger partial charge in [-0.15, -0.1) is 0 Å². The lowest BCUT2D eigenvalue weighted by Crippen LogP contribution is -2.40. The maximum Gasteiger partial charge on any atom is 0.226 e. The molecular weight excluding hydrogens is 354 g/mol. The second kappa shape index (κ2) is 9.92. The highest BCUT2D eigenvalue weighted by molar-refractivity contribution is 5.81. The number of benzene rings is 1. The van der Waals surface area contributed by atoms with Crippen LogP contribution in [-0.2, 0) is 11.3 Å². The quantitative estimate of drug-likeness (QED) is 0.505. The van der Waals surface area contributed by atoms with E-state index < -0.39 is 0 Å². The number of nitrogens with zero attached hydrogens (tertiary/aromatic N) is 2. The average Bonchev–Trinajstić information content (AvgIpc) is 3.37. The predicted molar refractivity (Wildman–Crippen MR) is 110 cm³/mol. The van der Waals surface area contributed by atoms with Crippen molar-refractivity contribution in [3.8, 4) is 11.5 Å². The maximum absolute atomic E-state index is 12.0. The number of nitrogens with one attached hydrogen (secondary N) is 3. The highest BCUT2D eigenvalue weighted by Gasteiger charge is 2.16. The van der Waals surface area contributed by atoms with Gasteiger partial charge < -0.3 is 20.4 Å². The van der Waals surface area contributed by atoms with Gasteiger partial charge >= 0.3 is 0 Å². The zero-order valence-corrected chi connectivity index (χ0v) is 16.6. The van der Waals surface area contributed by atoms with Crippen LogP contribution in [0.2, 0.25) is 0 Å². The number of hydrogen-bond donors (Lipinski definition) is 3. The summed E-state index contributed by atoms with van der Waals surface area (Å²) in [6, 6.07) is 8.42. The summed E-state index contributed by atoms with van der Waals surface area (Å²) in [5.74, 6) is 1.32. The van der Waals surface area contributed by atoms with E-state index in [4.69, 9.17) is 4.42 Å². The lowest BCUT2D eigenvalue weighted by molar-refractivity contribution is -0.121. The SMILES string of the molecule is CN=C(NCCC(=O)NC1CCCC1)NCc1coc(-c2ccc(C)cc2)n1. The van der Waals surface area contributed by atoms with Crippen LogP contribution < -0.4 is 16.0 Å². The zero-order chi connectivity index (χ0) is 19.8. The summed E-state index contributed by atoms with van der Waals surface area (Å²) in [4.78, 5) is 20.7. The Bertz CT molecular complexity index is 791. The van der Waals surface area contributed by atoms with Gasteiger partial charge in [-0.3, -0.25) is 9.79 Å². The Balaban J connectivity index is 1.40. The van der Waals surface area contributed by atoms with E-state index >= 15 is 0 Å². The average molecular weight is 383 g/mol. The first-order valence-electron chi connectivity index (χ1n) is 9.89. The number of guanidine groups is 1. The fourth-order valence-electron chi connectivity index (χ4n) is 3.28. The molecule has 0 radical (unpaired) electrons. The van der Waals surface area contributed by atoms with Crippen molar-refractivity contribution in [3.05, 3.63) is 41.8 Å². The summed E-state index contributed by atoms with van der Waals surface area (Å²) in [7, 11) is 1.70. The molecule has 0 saturated heterocycles. The third kappa shape index (κ3) is 5.84. The van der Waals surface area contributed by atoms with E-state index in [0.29, 0.717) is 37.4 Å². The smallest absolute Gasteiger partial charge is 0.226 e. The molecule has 3 N–H and O–H groups in total. The Kier molecular flexibility index (Phi) is 7.06. The van der Waals surface area contributed by atoms with Crippen molar-refractivity contribution in [2.24, 2.45) is 4.99 Å². The number of rotatable bonds is 7. The molecule has 28 heavy (non-hydrogen) atoms. The van der Waals surface area contributed by atoms with E-state index in [9.17, 15) is 4.79 Å². The van der Waals surface area contributed by atoms with Crippen molar-refractivity contribution in [2.75, 3.05) is 13.6 Å². The number of hydrogen-bond acceptors (Lipinski definition) is 4. The molecule has 7 nitrogen and oxygen atoms in total. The Hall–Kier alpha value is -2.83. The van der Waals surface area contributed by atoms with Crippen molar-refractivity contribution in [3.63, 3.8) is 0 Å². The van der Waals surface area contributed by atoms with E-state index in [-0.39, 0.29) is 5.91 Å². The summed E-state index contributed by atoms with van der Waals surface area (Å²) >= 11 is 0. The Labute approximate surface area is 166 Å². The Morgan fingerprint density at radius 3 is 2.68 bits per heavy atom. The monoisotopic (exact) mass is 383 g/mol. The van der Waals surface area contributed by atoms with E-state index in [1.54, 1.807) is 13.3 Å². The van der Waals surface area contributed by atoms with E-state index in [0.717, 1.165) is 24.1 Å². The maximum atomic E-state index is 12.0. The number of aryl methyl sites for hydroxylation is 1. The molecule has 2 aromatic rings. The van der Waals surface area contributed by atoms with Gasteiger partial charge in [0.25, 0.3) is 0 Å². The molecule has 150 valence electrons. The van der Waals surface area contributed by atoms with Gasteiger partial charge in [-0.1, -0.05) is 30.5 Å². The molecule has 0 spiro atoms. The van der Waals surface area contributed by atoms with Crippen LogP contribution in [0.25, 0.3) is 11.5 Å². The number of oxazole rings is 1. The molecule has 1 aliphatic rings. The third-order valence-corrected chi connectivity index (χ3v) is 4.88. The summed E-state index contributed by atoms with van der Waals surface area (Å²) in [6.45, 7) is 3.07. The first-order valence-corrected chi connectivity index (χ1v) is 9.89. The van der Waals surface area contributed by atoms with Crippen molar-refractivity contribution in [2.45, 2.75) is 51.6 Å². The van der Waals surface area contributed by atoms with Crippen LogP contribution in [0, 0.1) is 6.92 Å². The van der Waals surface area contributed by atoms with Crippen molar-refractivity contribution in [1.82, 2.24) is 20.9 Å². The number of aliphatic imine (C=N–C) groups is 1. The van der Waals surface area contributed by atoms with Crippen LogP contribution in [0.5, 0.6) is 0 Å². The molecule has 1 aromatic heterocycles. The van der Waals surface area contributed by atoms with Gasteiger partial charge in [-0.25, -0.2) is 4.98 Å². The molecule has 1 heterocycles. The lowest BCUT2D eigenvalue weighted by Gasteiger charge is -2.13. The Morgan fingerprint density at radius 2 is 1.96 bits per heavy atom. The third-order valence-electron chi connectivity index (χ3n) is 4.88. The van der Waals surface area contributed by atoms with Crippen LogP contribution >= 0.6 is 0 Å². The second-order valence-electron chi connectivity index (χ2n) is 7.16. The normalized spacial score (nSPS) is 14.9. The molecule has 1 saturated carbocycles. The van der Waals surface area contributed by atoms with E-state index in [1.807, 2.05) is 31.2 Å². The van der Waals surface area contributed by atoms with Crippen LogP contribution in [-0.4, -0.2) is 36.5 Å². The predicted octanol–water partition coefficient (Wildman–Crippen LogP) is 2.76. The van der Waals surface area contributed by atoms with Gasteiger partial charge in [0.2, 0.25) is 11.8 Å². The second-order valence-corrected chi connectivity index (χ2v) is 7.16. The molecule has 3 rings (SSSR count). The minimum Gasteiger partial charge on any atom is -0.444 e. The molecule has 7 heteroatoms. The topological polar surface area (TPSA) is 91.5 Å². The standard InChI is InChI=1S/C21H29N5O2/c1-15-7-9-16(10-8-15)20-26-18(14-28-20)13-24-21(22-2)23-12-11-19(27)25-17-5-3-4-6-17/h7-10,14,17H,3-6,11-13H2,1-2H3,(H,25,27)(H2,22,23,24). The van der Waals surface area contributed by atoms with Gasteiger partial charge in [-0.05, 0) is 31.9 Å². The molecule has 1 aromatic carbocycles. The van der Waals surface area contributed by atoms with Gasteiger partial charge in [-0.2, -0.15) is 0 Å². The van der Waals surface area contributed by atoms with Crippen molar-refractivity contribution < 1.29 is 9.21 Å². The van der Waals surface area contributed by atoms with Crippen molar-refractivity contribution >= 4 is 11.9 Å². The number of carbonyl (C=O) groups excluding carboxylic acids is 1. The summed E-state index contributed by atoms with van der Waals surface area (Å²) < 4.78 is 5.57. The zero-order valence-electron chi connectivity index (χ0n) is 16.6. The molecule has 0 aliphatic heterocycles. The minimum absolute atomic E-state index is 0.0918. The molecule has 0 unspecified atom stereocenters. The molecule has 0 bridgehead atoms. The summed E-state index contributed by atoms with van der Waals surface area (Å²) in [5, 5.41) is 9.44. The largest absolute Gasteiger partial charge is 0.444 e. The number of amides is 1. The first-order chi connectivity index (χ1) is 13.6. The summed E-state index contributed by atoms with van der Waals surface area (Å²) in [6.07, 6.45) is 6.71. The number of aromatic nitrogens is 1. The fraction of sp³-hybridized carbons (Fsp3) is 0.476. The minimum atomic E-state index is 0.0918. The van der Waals surface area contributed by atoms with Gasteiger partial charge in [0.15, 0.2) is 5.96 Å². The van der Waals surface area contributed by atoms with Crippen LogP contribution in [0.1, 0.15) is 43.4 Å². The number of carbonyl (C=O) groups is 1. The van der Waals surface area contributed by atoms with Gasteiger partial charge in [0.05, 0.1) is 12.2 Å². The highest BCUT2D eigenvalue weighted by atomic mass is 16.3.